The summed E-state index contributed by atoms with van der Waals surface area (Å²) in [6, 6.07) is 12.3. The number of nitrogens with zero attached hydrogens (tertiary/aromatic N) is 2. The second-order valence-electron chi connectivity index (χ2n) is 6.39. The average Bonchev–Trinajstić information content (AvgIpc) is 2.70. The number of nitrogens with one attached hydrogen (secondary N) is 1. The lowest BCUT2D eigenvalue weighted by Crippen LogP contribution is -2.49. The van der Waals surface area contributed by atoms with E-state index in [1.165, 1.54) is 12.1 Å². The van der Waals surface area contributed by atoms with E-state index in [2.05, 4.69) is 15.1 Å². The van der Waals surface area contributed by atoms with Gasteiger partial charge >= 0.3 is 0 Å². The zero-order valence-electron chi connectivity index (χ0n) is 15.6. The van der Waals surface area contributed by atoms with E-state index in [-0.39, 0.29) is 5.82 Å². The van der Waals surface area contributed by atoms with Crippen molar-refractivity contribution in [3.05, 3.63) is 53.8 Å². The normalized spacial score (nSPS) is 14.7. The molecule has 0 aromatic heterocycles. The first-order valence-electron chi connectivity index (χ1n) is 8.84. The fraction of sp³-hybridized carbons (Fsp3) is 0.350. The number of anilines is 1. The molecule has 2 aromatic carbocycles. The van der Waals surface area contributed by atoms with E-state index in [0.29, 0.717) is 16.6 Å². The quantitative estimate of drug-likeness (QED) is 0.791. The van der Waals surface area contributed by atoms with E-state index in [9.17, 15) is 4.39 Å². The first-order chi connectivity index (χ1) is 13.1. The van der Waals surface area contributed by atoms with Crippen LogP contribution >= 0.6 is 12.2 Å². The van der Waals surface area contributed by atoms with Gasteiger partial charge in [-0.1, -0.05) is 12.1 Å². The highest BCUT2D eigenvalue weighted by Crippen LogP contribution is 2.29. The molecule has 1 aliphatic heterocycles. The molecule has 1 saturated heterocycles. The van der Waals surface area contributed by atoms with Crippen molar-refractivity contribution in [3.8, 4) is 11.5 Å². The second-order valence-corrected chi connectivity index (χ2v) is 6.78. The van der Waals surface area contributed by atoms with Gasteiger partial charge in [-0.3, -0.25) is 4.90 Å². The molecule has 0 bridgehead atoms. The van der Waals surface area contributed by atoms with Crippen LogP contribution in [0.15, 0.2) is 42.5 Å². The van der Waals surface area contributed by atoms with Crippen molar-refractivity contribution in [1.29, 1.82) is 0 Å². The first-order valence-corrected chi connectivity index (χ1v) is 9.24. The minimum Gasteiger partial charge on any atom is -0.493 e. The minimum absolute atomic E-state index is 0.199. The topological polar surface area (TPSA) is 37.0 Å². The van der Waals surface area contributed by atoms with Gasteiger partial charge in [0.05, 0.1) is 14.2 Å². The maximum atomic E-state index is 13.0. The number of hydrogen-bond donors (Lipinski definition) is 1. The summed E-state index contributed by atoms with van der Waals surface area (Å²) in [6.07, 6.45) is 0. The lowest BCUT2D eigenvalue weighted by atomic mass is 10.2. The fourth-order valence-corrected chi connectivity index (χ4v) is 3.37. The van der Waals surface area contributed by atoms with Gasteiger partial charge in [0.2, 0.25) is 0 Å². The van der Waals surface area contributed by atoms with Gasteiger partial charge < -0.3 is 19.7 Å². The zero-order valence-corrected chi connectivity index (χ0v) is 16.4. The predicted molar refractivity (Wildman–Crippen MR) is 109 cm³/mol. The molecule has 0 atom stereocenters. The molecule has 1 heterocycles. The van der Waals surface area contributed by atoms with E-state index in [0.717, 1.165) is 44.0 Å². The third kappa shape index (κ3) is 5.08. The Labute approximate surface area is 164 Å². The molecule has 1 aliphatic rings. The lowest BCUT2D eigenvalue weighted by Gasteiger charge is -2.36. The zero-order chi connectivity index (χ0) is 19.2. The monoisotopic (exact) mass is 389 g/mol. The molecule has 3 rings (SSSR count). The summed E-state index contributed by atoms with van der Waals surface area (Å²) >= 11 is 5.56. The number of hydrogen-bond acceptors (Lipinski definition) is 4. The molecule has 0 radical (unpaired) electrons. The maximum absolute atomic E-state index is 13.0. The van der Waals surface area contributed by atoms with Crippen LogP contribution in [0.5, 0.6) is 11.5 Å². The molecule has 0 aliphatic carbocycles. The molecule has 0 unspecified atom stereocenters. The first kappa shape index (κ1) is 19.4. The Hall–Kier alpha value is -2.38. The van der Waals surface area contributed by atoms with Crippen LogP contribution in [0.1, 0.15) is 5.56 Å². The van der Waals surface area contributed by atoms with Crippen LogP contribution in [0.2, 0.25) is 0 Å². The van der Waals surface area contributed by atoms with Crippen LogP contribution in [0.4, 0.5) is 10.1 Å². The van der Waals surface area contributed by atoms with Crippen molar-refractivity contribution in [3.63, 3.8) is 0 Å². The Bertz CT molecular complexity index is 777. The number of piperazine rings is 1. The van der Waals surface area contributed by atoms with Gasteiger partial charge in [0.1, 0.15) is 5.82 Å². The van der Waals surface area contributed by atoms with E-state index >= 15 is 0 Å². The summed E-state index contributed by atoms with van der Waals surface area (Å²) in [5.74, 6) is 1.15. The van der Waals surface area contributed by atoms with Gasteiger partial charge in [-0.25, -0.2) is 4.39 Å². The van der Waals surface area contributed by atoms with Crippen LogP contribution in [0, 0.1) is 5.82 Å². The Morgan fingerprint density at radius 1 is 1.00 bits per heavy atom. The Kier molecular flexibility index (Phi) is 6.47. The number of thiocarbonyl (C=S) groups is 1. The Morgan fingerprint density at radius 3 is 2.30 bits per heavy atom. The molecule has 1 fully saturated rings. The summed E-state index contributed by atoms with van der Waals surface area (Å²) in [6.45, 7) is 4.33. The Morgan fingerprint density at radius 2 is 1.67 bits per heavy atom. The van der Waals surface area contributed by atoms with Crippen LogP contribution in [-0.2, 0) is 6.54 Å². The van der Waals surface area contributed by atoms with E-state index in [1.807, 2.05) is 30.3 Å². The van der Waals surface area contributed by atoms with Crippen molar-refractivity contribution in [2.75, 3.05) is 45.7 Å². The Balaban J connectivity index is 1.51. The van der Waals surface area contributed by atoms with Crippen LogP contribution in [-0.4, -0.2) is 55.3 Å². The molecule has 7 heteroatoms. The van der Waals surface area contributed by atoms with Gasteiger partial charge in [0, 0.05) is 44.5 Å². The van der Waals surface area contributed by atoms with Crippen LogP contribution in [0.25, 0.3) is 0 Å². The third-order valence-corrected chi connectivity index (χ3v) is 4.97. The third-order valence-electron chi connectivity index (χ3n) is 4.61. The fourth-order valence-electron chi connectivity index (χ4n) is 3.07. The second kappa shape index (κ2) is 9.01. The average molecular weight is 389 g/mol. The van der Waals surface area contributed by atoms with Crippen LogP contribution < -0.4 is 14.8 Å². The van der Waals surface area contributed by atoms with E-state index in [4.69, 9.17) is 21.7 Å². The summed E-state index contributed by atoms with van der Waals surface area (Å²) in [4.78, 5) is 4.51. The minimum atomic E-state index is -0.199. The van der Waals surface area contributed by atoms with Crippen molar-refractivity contribution in [2.45, 2.75) is 6.54 Å². The summed E-state index contributed by atoms with van der Waals surface area (Å²) < 4.78 is 23.6. The standard InChI is InChI=1S/C20H24FN3O2S/c1-25-18-8-7-17(13-19(18)26-2)22-20(27)24-11-9-23(10-12-24)14-15-3-5-16(21)6-4-15/h3-8,13H,9-12,14H2,1-2H3,(H,22,27). The highest BCUT2D eigenvalue weighted by Gasteiger charge is 2.19. The van der Waals surface area contributed by atoms with E-state index < -0.39 is 0 Å². The van der Waals surface area contributed by atoms with E-state index in [1.54, 1.807) is 14.2 Å². The van der Waals surface area contributed by atoms with Gasteiger partial charge in [-0.05, 0) is 42.0 Å². The highest BCUT2D eigenvalue weighted by molar-refractivity contribution is 7.80. The summed E-state index contributed by atoms with van der Waals surface area (Å²) in [7, 11) is 3.22. The predicted octanol–water partition coefficient (Wildman–Crippen LogP) is 3.36. The SMILES string of the molecule is COc1ccc(NC(=S)N2CCN(Cc3ccc(F)cc3)CC2)cc1OC. The summed E-state index contributed by atoms with van der Waals surface area (Å²) in [5.41, 5.74) is 1.99. The molecule has 144 valence electrons. The molecule has 0 amide bonds. The molecule has 27 heavy (non-hydrogen) atoms. The highest BCUT2D eigenvalue weighted by atomic mass is 32.1. The number of ether oxygens (including phenoxy) is 2. The van der Waals surface area contributed by atoms with Crippen molar-refractivity contribution >= 4 is 23.0 Å². The molecule has 5 nitrogen and oxygen atoms in total. The van der Waals surface area contributed by atoms with Gasteiger partial charge in [-0.2, -0.15) is 0 Å². The largest absolute Gasteiger partial charge is 0.493 e. The van der Waals surface area contributed by atoms with Crippen molar-refractivity contribution < 1.29 is 13.9 Å². The number of halogens is 1. The summed E-state index contributed by atoms with van der Waals surface area (Å²) in [5, 5.41) is 3.97. The smallest absolute Gasteiger partial charge is 0.173 e. The number of methoxy groups -OCH3 is 2. The lowest BCUT2D eigenvalue weighted by molar-refractivity contribution is 0.177. The van der Waals surface area contributed by atoms with Gasteiger partial charge in [0.15, 0.2) is 16.6 Å². The van der Waals surface area contributed by atoms with Gasteiger partial charge in [-0.15, -0.1) is 0 Å². The molecule has 2 aromatic rings. The maximum Gasteiger partial charge on any atom is 0.173 e. The molecule has 0 saturated carbocycles. The van der Waals surface area contributed by atoms with Crippen molar-refractivity contribution in [1.82, 2.24) is 9.80 Å². The molecular formula is C20H24FN3O2S. The molecule has 1 N–H and O–H groups in total. The molecule has 0 spiro atoms. The van der Waals surface area contributed by atoms with Crippen LogP contribution in [0.3, 0.4) is 0 Å². The van der Waals surface area contributed by atoms with Crippen molar-refractivity contribution in [2.24, 2.45) is 0 Å². The van der Waals surface area contributed by atoms with Gasteiger partial charge in [0.25, 0.3) is 0 Å². The number of rotatable bonds is 5. The molecular weight excluding hydrogens is 365 g/mol. The number of benzene rings is 2.